The fourth-order valence-electron chi connectivity index (χ4n) is 2.93. The van der Waals surface area contributed by atoms with E-state index in [2.05, 4.69) is 34.1 Å². The number of hydrogen-bond donors (Lipinski definition) is 1. The zero-order chi connectivity index (χ0) is 17.2. The van der Waals surface area contributed by atoms with Crippen molar-refractivity contribution in [2.24, 2.45) is 5.92 Å². The van der Waals surface area contributed by atoms with Crippen LogP contribution in [0.15, 0.2) is 54.6 Å². The van der Waals surface area contributed by atoms with Crippen molar-refractivity contribution in [2.75, 3.05) is 12.4 Å². The Morgan fingerprint density at radius 2 is 2.04 bits per heavy atom. The SMILES string of the molecule is C=C(Cc1nc2cccc(NCc3ccc(OC)cc3)n2n1)C1CC1. The van der Waals surface area contributed by atoms with Crippen LogP contribution in [0.3, 0.4) is 0 Å². The maximum absolute atomic E-state index is 5.20. The summed E-state index contributed by atoms with van der Waals surface area (Å²) in [6.07, 6.45) is 3.30. The van der Waals surface area contributed by atoms with E-state index in [-0.39, 0.29) is 0 Å². The predicted molar refractivity (Wildman–Crippen MR) is 98.9 cm³/mol. The number of methoxy groups -OCH3 is 1. The lowest BCUT2D eigenvalue weighted by molar-refractivity contribution is 0.414. The monoisotopic (exact) mass is 334 g/mol. The van der Waals surface area contributed by atoms with Gasteiger partial charge in [0.2, 0.25) is 0 Å². The van der Waals surface area contributed by atoms with Crippen molar-refractivity contribution in [3.8, 4) is 5.75 Å². The van der Waals surface area contributed by atoms with Gasteiger partial charge in [0.15, 0.2) is 11.5 Å². The second-order valence-corrected chi connectivity index (χ2v) is 6.52. The molecular formula is C20H22N4O. The molecule has 3 aromatic rings. The molecule has 1 N–H and O–H groups in total. The molecule has 128 valence electrons. The number of allylic oxidation sites excluding steroid dienone is 1. The third-order valence-electron chi connectivity index (χ3n) is 4.58. The molecule has 0 radical (unpaired) electrons. The van der Waals surface area contributed by atoms with E-state index < -0.39 is 0 Å². The van der Waals surface area contributed by atoms with Crippen LogP contribution in [0.5, 0.6) is 5.75 Å². The molecule has 1 aliphatic carbocycles. The highest BCUT2D eigenvalue weighted by atomic mass is 16.5. The van der Waals surface area contributed by atoms with Crippen LogP contribution >= 0.6 is 0 Å². The Labute approximate surface area is 147 Å². The molecule has 1 aliphatic rings. The molecule has 2 aromatic heterocycles. The fourth-order valence-corrected chi connectivity index (χ4v) is 2.93. The van der Waals surface area contributed by atoms with Crippen molar-refractivity contribution in [1.82, 2.24) is 14.6 Å². The van der Waals surface area contributed by atoms with E-state index in [0.29, 0.717) is 12.5 Å². The van der Waals surface area contributed by atoms with Gasteiger partial charge in [-0.3, -0.25) is 0 Å². The molecule has 25 heavy (non-hydrogen) atoms. The van der Waals surface area contributed by atoms with E-state index in [4.69, 9.17) is 4.74 Å². The van der Waals surface area contributed by atoms with Crippen molar-refractivity contribution in [2.45, 2.75) is 25.8 Å². The molecule has 5 nitrogen and oxygen atoms in total. The first-order chi connectivity index (χ1) is 12.2. The summed E-state index contributed by atoms with van der Waals surface area (Å²) in [5.74, 6) is 3.32. The number of hydrogen-bond acceptors (Lipinski definition) is 4. The Morgan fingerprint density at radius 1 is 1.24 bits per heavy atom. The van der Waals surface area contributed by atoms with Crippen LogP contribution in [-0.2, 0) is 13.0 Å². The molecule has 0 bridgehead atoms. The molecule has 0 aliphatic heterocycles. The van der Waals surface area contributed by atoms with Crippen LogP contribution in [0.25, 0.3) is 5.65 Å². The zero-order valence-electron chi connectivity index (χ0n) is 14.4. The molecule has 1 saturated carbocycles. The fraction of sp³-hybridized carbons (Fsp3) is 0.300. The maximum Gasteiger partial charge on any atom is 0.158 e. The number of ether oxygens (including phenoxy) is 1. The zero-order valence-corrected chi connectivity index (χ0v) is 14.4. The lowest BCUT2D eigenvalue weighted by Crippen LogP contribution is -2.05. The third-order valence-corrected chi connectivity index (χ3v) is 4.58. The highest BCUT2D eigenvalue weighted by molar-refractivity contribution is 5.49. The van der Waals surface area contributed by atoms with Gasteiger partial charge in [0, 0.05) is 13.0 Å². The molecular weight excluding hydrogens is 312 g/mol. The number of pyridine rings is 1. The summed E-state index contributed by atoms with van der Waals surface area (Å²) in [4.78, 5) is 4.64. The third kappa shape index (κ3) is 3.50. The minimum absolute atomic E-state index is 0.680. The number of fused-ring (bicyclic) bond motifs is 1. The lowest BCUT2D eigenvalue weighted by Gasteiger charge is -2.08. The second-order valence-electron chi connectivity index (χ2n) is 6.52. The minimum Gasteiger partial charge on any atom is -0.497 e. The van der Waals surface area contributed by atoms with Gasteiger partial charge >= 0.3 is 0 Å². The number of nitrogens with zero attached hydrogens (tertiary/aromatic N) is 3. The molecule has 5 heteroatoms. The van der Waals surface area contributed by atoms with E-state index in [9.17, 15) is 0 Å². The topological polar surface area (TPSA) is 51.5 Å². The summed E-state index contributed by atoms with van der Waals surface area (Å²) >= 11 is 0. The highest BCUT2D eigenvalue weighted by Gasteiger charge is 2.25. The van der Waals surface area contributed by atoms with Crippen molar-refractivity contribution >= 4 is 11.5 Å². The predicted octanol–water partition coefficient (Wildman–Crippen LogP) is 3.86. The molecule has 2 heterocycles. The van der Waals surface area contributed by atoms with E-state index in [0.717, 1.165) is 29.5 Å². The number of benzene rings is 1. The first-order valence-corrected chi connectivity index (χ1v) is 8.62. The summed E-state index contributed by atoms with van der Waals surface area (Å²) in [7, 11) is 1.67. The van der Waals surface area contributed by atoms with Gasteiger partial charge in [-0.2, -0.15) is 4.52 Å². The van der Waals surface area contributed by atoms with Gasteiger partial charge < -0.3 is 10.1 Å². The second kappa shape index (κ2) is 6.59. The van der Waals surface area contributed by atoms with Crippen LogP contribution in [0.1, 0.15) is 24.2 Å². The molecule has 0 spiro atoms. The van der Waals surface area contributed by atoms with Crippen LogP contribution < -0.4 is 10.1 Å². The number of anilines is 1. The van der Waals surface area contributed by atoms with Crippen molar-refractivity contribution < 1.29 is 4.74 Å². The Hall–Kier alpha value is -2.82. The standard InChI is InChI=1S/C20H22N4O/c1-14(16-8-9-16)12-18-22-20-5-3-4-19(24(20)23-18)21-13-15-6-10-17(25-2)11-7-15/h3-7,10-11,16,21H,1,8-9,12-13H2,2H3. The van der Waals surface area contributed by atoms with Crippen LogP contribution in [-0.4, -0.2) is 21.7 Å². The van der Waals surface area contributed by atoms with E-state index in [1.165, 1.54) is 24.0 Å². The van der Waals surface area contributed by atoms with Crippen LogP contribution in [0.2, 0.25) is 0 Å². The van der Waals surface area contributed by atoms with Gasteiger partial charge in [-0.05, 0) is 48.6 Å². The van der Waals surface area contributed by atoms with Gasteiger partial charge in [-0.25, -0.2) is 4.98 Å². The average molecular weight is 334 g/mol. The Bertz CT molecular complexity index is 894. The quantitative estimate of drug-likeness (QED) is 0.667. The van der Waals surface area contributed by atoms with Gasteiger partial charge in [0.05, 0.1) is 7.11 Å². The van der Waals surface area contributed by atoms with Crippen molar-refractivity contribution in [1.29, 1.82) is 0 Å². The van der Waals surface area contributed by atoms with Crippen molar-refractivity contribution in [3.63, 3.8) is 0 Å². The van der Waals surface area contributed by atoms with Gasteiger partial charge in [-0.1, -0.05) is 30.4 Å². The Kier molecular flexibility index (Phi) is 4.14. The molecule has 1 aromatic carbocycles. The summed E-state index contributed by atoms with van der Waals surface area (Å²) in [6.45, 7) is 4.89. The van der Waals surface area contributed by atoms with Gasteiger partial charge in [0.1, 0.15) is 11.6 Å². The number of aromatic nitrogens is 3. The first kappa shape index (κ1) is 15.7. The normalized spacial score (nSPS) is 13.8. The largest absolute Gasteiger partial charge is 0.497 e. The number of nitrogens with one attached hydrogen (secondary N) is 1. The van der Waals surface area contributed by atoms with Gasteiger partial charge in [-0.15, -0.1) is 5.10 Å². The van der Waals surface area contributed by atoms with Gasteiger partial charge in [0.25, 0.3) is 0 Å². The molecule has 0 amide bonds. The summed E-state index contributed by atoms with van der Waals surface area (Å²) in [5.41, 5.74) is 3.29. The van der Waals surface area contributed by atoms with E-state index in [1.54, 1.807) is 7.11 Å². The number of rotatable bonds is 7. The average Bonchev–Trinajstić information content (AvgIpc) is 3.41. The minimum atomic E-state index is 0.680. The Morgan fingerprint density at radius 3 is 2.76 bits per heavy atom. The molecule has 4 rings (SSSR count). The highest BCUT2D eigenvalue weighted by Crippen LogP contribution is 2.36. The lowest BCUT2D eigenvalue weighted by atomic mass is 10.1. The van der Waals surface area contributed by atoms with Crippen molar-refractivity contribution in [3.05, 3.63) is 66.0 Å². The van der Waals surface area contributed by atoms with Crippen LogP contribution in [0, 0.1) is 5.92 Å². The molecule has 1 fully saturated rings. The molecule has 0 saturated heterocycles. The molecule has 0 unspecified atom stereocenters. The van der Waals surface area contributed by atoms with E-state index >= 15 is 0 Å². The van der Waals surface area contributed by atoms with E-state index in [1.807, 2.05) is 34.8 Å². The smallest absolute Gasteiger partial charge is 0.158 e. The summed E-state index contributed by atoms with van der Waals surface area (Å²) in [6, 6.07) is 14.0. The Balaban J connectivity index is 1.50. The first-order valence-electron chi connectivity index (χ1n) is 8.62. The molecule has 0 atom stereocenters. The summed E-state index contributed by atoms with van der Waals surface area (Å²) < 4.78 is 7.07. The van der Waals surface area contributed by atoms with Crippen LogP contribution in [0.4, 0.5) is 5.82 Å². The maximum atomic E-state index is 5.20. The summed E-state index contributed by atoms with van der Waals surface area (Å²) in [5, 5.41) is 8.11.